The average Bonchev–Trinajstić information content (AvgIpc) is 2.87. The van der Waals surface area contributed by atoms with Crippen LogP contribution >= 0.6 is 0 Å². The highest BCUT2D eigenvalue weighted by molar-refractivity contribution is 5.71. The van der Waals surface area contributed by atoms with E-state index >= 15 is 0 Å². The molecule has 0 bridgehead atoms. The van der Waals surface area contributed by atoms with Crippen molar-refractivity contribution in [3.05, 3.63) is 42.4 Å². The molecule has 10 heteroatoms. The predicted molar refractivity (Wildman–Crippen MR) is 124 cm³/mol. The number of hydrogen-bond acceptors (Lipinski definition) is 9. The molecule has 2 aromatic rings. The molecule has 0 aliphatic carbocycles. The highest BCUT2D eigenvalue weighted by atomic mass is 16.6. The molecule has 0 saturated carbocycles. The van der Waals surface area contributed by atoms with Gasteiger partial charge in [-0.3, -0.25) is 24.6 Å². The number of esters is 1. The Hall–Kier alpha value is -3.08. The quantitative estimate of drug-likeness (QED) is 0.492. The molecule has 2 aliphatic heterocycles. The van der Waals surface area contributed by atoms with E-state index in [1.165, 1.54) is 7.11 Å². The molecule has 1 aromatic heterocycles. The predicted octanol–water partition coefficient (Wildman–Crippen LogP) is 1.69. The van der Waals surface area contributed by atoms with Gasteiger partial charge in [0.25, 0.3) is 6.47 Å². The number of methoxy groups -OCH3 is 1. The standard InChI is InChI=1S/C23H30N4O4.CH2O2/c1-26-9-10-27(17-23(26)5-11-30-12-6-23)15-19-13-18(20-14-24-7-8-25-20)3-4-21(19)31-16-22(28)29-2;2-1-3/h3-4,7-8,13-14H,5-6,9-12,15-17H2,1-2H3;1H,(H,2,3). The van der Waals surface area contributed by atoms with Gasteiger partial charge in [-0.1, -0.05) is 0 Å². The summed E-state index contributed by atoms with van der Waals surface area (Å²) in [5.74, 6) is 0.294. The molecule has 4 rings (SSSR count). The fraction of sp³-hybridized carbons (Fsp3) is 0.500. The molecule has 3 heterocycles. The van der Waals surface area contributed by atoms with E-state index in [4.69, 9.17) is 24.1 Å². The molecule has 10 nitrogen and oxygen atoms in total. The molecule has 2 aliphatic rings. The fourth-order valence-corrected chi connectivity index (χ4v) is 4.46. The molecule has 2 saturated heterocycles. The zero-order valence-corrected chi connectivity index (χ0v) is 19.7. The monoisotopic (exact) mass is 472 g/mol. The molecule has 0 radical (unpaired) electrons. The fourth-order valence-electron chi connectivity index (χ4n) is 4.46. The topological polar surface area (TPSA) is 114 Å². The van der Waals surface area contributed by atoms with Crippen molar-refractivity contribution in [2.45, 2.75) is 24.9 Å². The smallest absolute Gasteiger partial charge is 0.343 e. The molecule has 184 valence electrons. The minimum absolute atomic E-state index is 0.113. The third-order valence-electron chi connectivity index (χ3n) is 6.39. The Labute approximate surface area is 199 Å². The Balaban J connectivity index is 0.00000103. The highest BCUT2D eigenvalue weighted by Gasteiger charge is 2.41. The number of hydrogen-bond donors (Lipinski definition) is 1. The zero-order chi connectivity index (χ0) is 24.4. The van der Waals surface area contributed by atoms with E-state index in [2.05, 4.69) is 32.9 Å². The first kappa shape index (κ1) is 25.5. The summed E-state index contributed by atoms with van der Waals surface area (Å²) in [6, 6.07) is 5.94. The Morgan fingerprint density at radius 2 is 2.03 bits per heavy atom. The van der Waals surface area contributed by atoms with Crippen LogP contribution in [0.1, 0.15) is 18.4 Å². The first-order chi connectivity index (χ1) is 16.5. The Morgan fingerprint density at radius 3 is 2.71 bits per heavy atom. The van der Waals surface area contributed by atoms with Gasteiger partial charge in [0.1, 0.15) is 5.75 Å². The molecule has 0 unspecified atom stereocenters. The van der Waals surface area contributed by atoms with Gasteiger partial charge in [-0.25, -0.2) is 4.79 Å². The van der Waals surface area contributed by atoms with E-state index in [0.717, 1.165) is 69.1 Å². The average molecular weight is 473 g/mol. The summed E-state index contributed by atoms with van der Waals surface area (Å²) < 4.78 is 16.2. The maximum Gasteiger partial charge on any atom is 0.343 e. The number of ether oxygens (including phenoxy) is 3. The lowest BCUT2D eigenvalue weighted by Gasteiger charge is -2.51. The Bertz CT molecular complexity index is 936. The minimum Gasteiger partial charge on any atom is -0.483 e. The summed E-state index contributed by atoms with van der Waals surface area (Å²) in [5.41, 5.74) is 2.97. The number of nitrogens with zero attached hydrogens (tertiary/aromatic N) is 4. The molecule has 1 aromatic carbocycles. The summed E-state index contributed by atoms with van der Waals surface area (Å²) in [6.07, 6.45) is 7.19. The maximum atomic E-state index is 11.6. The van der Waals surface area contributed by atoms with Gasteiger partial charge < -0.3 is 19.3 Å². The molecular formula is C24H32N4O6. The second-order valence-electron chi connectivity index (χ2n) is 8.35. The van der Waals surface area contributed by atoms with E-state index in [1.807, 2.05) is 12.1 Å². The molecular weight excluding hydrogens is 440 g/mol. The maximum absolute atomic E-state index is 11.6. The van der Waals surface area contributed by atoms with Crippen LogP contribution < -0.4 is 4.74 Å². The van der Waals surface area contributed by atoms with Crippen molar-refractivity contribution in [1.29, 1.82) is 0 Å². The number of aromatic nitrogens is 2. The van der Waals surface area contributed by atoms with Gasteiger partial charge in [0.2, 0.25) is 0 Å². The van der Waals surface area contributed by atoms with Crippen molar-refractivity contribution in [3.63, 3.8) is 0 Å². The van der Waals surface area contributed by atoms with Crippen LogP contribution in [0.2, 0.25) is 0 Å². The number of carbonyl (C=O) groups is 2. The van der Waals surface area contributed by atoms with Crippen LogP contribution in [0.25, 0.3) is 11.3 Å². The van der Waals surface area contributed by atoms with Crippen molar-refractivity contribution >= 4 is 12.4 Å². The summed E-state index contributed by atoms with van der Waals surface area (Å²) >= 11 is 0. The zero-order valence-electron chi connectivity index (χ0n) is 19.7. The van der Waals surface area contributed by atoms with Gasteiger partial charge >= 0.3 is 5.97 Å². The van der Waals surface area contributed by atoms with Crippen LogP contribution in [0.3, 0.4) is 0 Å². The summed E-state index contributed by atoms with van der Waals surface area (Å²) in [4.78, 5) is 33.6. The number of benzene rings is 1. The van der Waals surface area contributed by atoms with E-state index in [1.54, 1.807) is 18.6 Å². The summed E-state index contributed by atoms with van der Waals surface area (Å²) in [7, 11) is 3.59. The Kier molecular flexibility index (Phi) is 9.32. The molecule has 1 spiro atoms. The van der Waals surface area contributed by atoms with Crippen LogP contribution in [0.4, 0.5) is 0 Å². The SMILES string of the molecule is COC(=O)COc1ccc(-c2cnccn2)cc1CN1CCN(C)C2(CCOCC2)C1.O=CO. The molecule has 0 atom stereocenters. The van der Waals surface area contributed by atoms with Gasteiger partial charge in [-0.2, -0.15) is 0 Å². The van der Waals surface area contributed by atoms with Gasteiger partial charge in [-0.15, -0.1) is 0 Å². The summed E-state index contributed by atoms with van der Waals surface area (Å²) in [6.45, 7) is 4.98. The number of carboxylic acid groups (broad SMARTS) is 1. The van der Waals surface area contributed by atoms with Crippen LogP contribution in [-0.2, 0) is 25.6 Å². The van der Waals surface area contributed by atoms with Crippen LogP contribution in [-0.4, -0.2) is 96.5 Å². The van der Waals surface area contributed by atoms with Crippen LogP contribution in [0.5, 0.6) is 5.75 Å². The number of carbonyl (C=O) groups excluding carboxylic acids is 1. The number of rotatable bonds is 6. The number of piperazine rings is 1. The molecule has 0 amide bonds. The number of likely N-dealkylation sites (N-methyl/N-ethyl adjacent to an activating group) is 1. The third-order valence-corrected chi connectivity index (χ3v) is 6.39. The van der Waals surface area contributed by atoms with Crippen molar-refractivity contribution in [1.82, 2.24) is 19.8 Å². The third kappa shape index (κ3) is 6.49. The van der Waals surface area contributed by atoms with Gasteiger partial charge in [0, 0.05) is 68.5 Å². The largest absolute Gasteiger partial charge is 0.483 e. The van der Waals surface area contributed by atoms with E-state index in [0.29, 0.717) is 5.75 Å². The molecule has 34 heavy (non-hydrogen) atoms. The van der Waals surface area contributed by atoms with Crippen molar-refractivity contribution < 1.29 is 28.9 Å². The van der Waals surface area contributed by atoms with Gasteiger partial charge in [-0.05, 0) is 38.1 Å². The van der Waals surface area contributed by atoms with Crippen LogP contribution in [0, 0.1) is 0 Å². The van der Waals surface area contributed by atoms with E-state index < -0.39 is 5.97 Å². The summed E-state index contributed by atoms with van der Waals surface area (Å²) in [5, 5.41) is 6.89. The van der Waals surface area contributed by atoms with E-state index in [9.17, 15) is 4.79 Å². The van der Waals surface area contributed by atoms with Gasteiger partial charge in [0.15, 0.2) is 6.61 Å². The van der Waals surface area contributed by atoms with Crippen molar-refractivity contribution in [3.8, 4) is 17.0 Å². The van der Waals surface area contributed by atoms with Crippen molar-refractivity contribution in [2.24, 2.45) is 0 Å². The van der Waals surface area contributed by atoms with Gasteiger partial charge in [0.05, 0.1) is 19.0 Å². The molecule has 2 fully saturated rings. The lowest BCUT2D eigenvalue weighted by Crippen LogP contribution is -2.62. The second-order valence-corrected chi connectivity index (χ2v) is 8.35. The van der Waals surface area contributed by atoms with Crippen molar-refractivity contribution in [2.75, 3.05) is 53.6 Å². The minimum atomic E-state index is -0.398. The Morgan fingerprint density at radius 1 is 1.26 bits per heavy atom. The normalized spacial score (nSPS) is 17.9. The first-order valence-electron chi connectivity index (χ1n) is 11.2. The molecule has 1 N–H and O–H groups in total. The highest BCUT2D eigenvalue weighted by Crippen LogP contribution is 2.33. The van der Waals surface area contributed by atoms with E-state index in [-0.39, 0.29) is 18.6 Å². The lowest BCUT2D eigenvalue weighted by molar-refractivity contribution is -0.142. The second kappa shape index (κ2) is 12.4. The first-order valence-corrected chi connectivity index (χ1v) is 11.2. The lowest BCUT2D eigenvalue weighted by atomic mass is 9.86. The van der Waals surface area contributed by atoms with Crippen LogP contribution in [0.15, 0.2) is 36.8 Å².